The number of benzene rings is 3. The first kappa shape index (κ1) is 21.0. The number of anilines is 3. The Balaban J connectivity index is 1.67. The Hall–Kier alpha value is -3.28. The molecule has 6 heteroatoms. The van der Waals surface area contributed by atoms with Gasteiger partial charge < -0.3 is 19.9 Å². The summed E-state index contributed by atoms with van der Waals surface area (Å²) in [4.78, 5) is 11.9. The van der Waals surface area contributed by atoms with Gasteiger partial charge >= 0.3 is 0 Å². The molecular formula is C25H24ClN3O2. The molecule has 0 aliphatic heterocycles. The minimum Gasteiger partial charge on any atom is -0.380 e. The number of nitrogens with one attached hydrogen (secondary N) is 2. The lowest BCUT2D eigenvalue weighted by atomic mass is 10.1. The zero-order valence-corrected chi connectivity index (χ0v) is 18.2. The summed E-state index contributed by atoms with van der Waals surface area (Å²) >= 11 is 6.14. The number of amides is 1. The quantitative estimate of drug-likeness (QED) is 0.348. The largest absolute Gasteiger partial charge is 0.380 e. The van der Waals surface area contributed by atoms with E-state index in [1.165, 1.54) is 0 Å². The van der Waals surface area contributed by atoms with Crippen LogP contribution in [0.2, 0.25) is 5.02 Å². The van der Waals surface area contributed by atoms with Crippen LogP contribution >= 0.6 is 11.6 Å². The third kappa shape index (κ3) is 4.58. The van der Waals surface area contributed by atoms with Gasteiger partial charge in [0, 0.05) is 47.1 Å². The van der Waals surface area contributed by atoms with Crippen molar-refractivity contribution in [1.82, 2.24) is 4.57 Å². The molecule has 0 aliphatic carbocycles. The van der Waals surface area contributed by atoms with Gasteiger partial charge in [-0.3, -0.25) is 4.79 Å². The molecule has 3 aromatic carbocycles. The molecule has 0 unspecified atom stereocenters. The lowest BCUT2D eigenvalue weighted by Crippen LogP contribution is -2.11. The maximum Gasteiger partial charge on any atom is 0.224 e. The third-order valence-corrected chi connectivity index (χ3v) is 5.33. The monoisotopic (exact) mass is 433 g/mol. The standard InChI is InChI=1S/C25H24ClN3O2/c1-3-25(30)28-22-6-4-5-7-24(22)29-13-12-17-15-20(9-11-23(17)29)27-21-10-8-19(26)14-18(21)16-31-2/h4-15,27H,3,16H2,1-2H3,(H,28,30). The first-order chi connectivity index (χ1) is 15.1. The van der Waals surface area contributed by atoms with Crippen LogP contribution in [-0.2, 0) is 16.1 Å². The highest BCUT2D eigenvalue weighted by molar-refractivity contribution is 6.30. The lowest BCUT2D eigenvalue weighted by Gasteiger charge is -2.14. The van der Waals surface area contributed by atoms with E-state index in [-0.39, 0.29) is 5.91 Å². The van der Waals surface area contributed by atoms with Crippen LogP contribution in [0.3, 0.4) is 0 Å². The summed E-state index contributed by atoms with van der Waals surface area (Å²) in [7, 11) is 1.67. The van der Waals surface area contributed by atoms with Crippen molar-refractivity contribution in [3.05, 3.63) is 83.5 Å². The Morgan fingerprint density at radius 1 is 1.03 bits per heavy atom. The third-order valence-electron chi connectivity index (χ3n) is 5.10. The number of rotatable bonds is 7. The Morgan fingerprint density at radius 2 is 1.87 bits per heavy atom. The van der Waals surface area contributed by atoms with Gasteiger partial charge in [-0.15, -0.1) is 0 Å². The molecule has 0 atom stereocenters. The summed E-state index contributed by atoms with van der Waals surface area (Å²) < 4.78 is 7.38. The highest BCUT2D eigenvalue weighted by Crippen LogP contribution is 2.30. The molecule has 0 bridgehead atoms. The second kappa shape index (κ2) is 9.25. The Labute approximate surface area is 186 Å². The summed E-state index contributed by atoms with van der Waals surface area (Å²) in [5, 5.41) is 8.22. The number of ether oxygens (including phenoxy) is 1. The lowest BCUT2D eigenvalue weighted by molar-refractivity contribution is -0.115. The molecule has 1 amide bonds. The molecule has 1 aromatic heterocycles. The van der Waals surface area contributed by atoms with E-state index in [1.54, 1.807) is 7.11 Å². The maximum absolute atomic E-state index is 11.9. The van der Waals surface area contributed by atoms with Crippen molar-refractivity contribution in [3.8, 4) is 5.69 Å². The molecule has 31 heavy (non-hydrogen) atoms. The summed E-state index contributed by atoms with van der Waals surface area (Å²) in [6.07, 6.45) is 2.45. The first-order valence-electron chi connectivity index (χ1n) is 10.1. The average Bonchev–Trinajstić information content (AvgIpc) is 3.19. The predicted octanol–water partition coefficient (Wildman–Crippen LogP) is 6.52. The number of halogens is 1. The number of hydrogen-bond donors (Lipinski definition) is 2. The van der Waals surface area contributed by atoms with Crippen molar-refractivity contribution < 1.29 is 9.53 Å². The average molecular weight is 434 g/mol. The van der Waals surface area contributed by atoms with E-state index in [1.807, 2.05) is 61.7 Å². The number of hydrogen-bond acceptors (Lipinski definition) is 3. The summed E-state index contributed by atoms with van der Waals surface area (Å²) in [5.74, 6) is -0.00905. The SMILES string of the molecule is CCC(=O)Nc1ccccc1-n1ccc2cc(Nc3ccc(Cl)cc3COC)ccc21. The van der Waals surface area contributed by atoms with Crippen LogP contribution in [0.4, 0.5) is 17.1 Å². The molecule has 0 saturated carbocycles. The van der Waals surface area contributed by atoms with E-state index in [2.05, 4.69) is 33.4 Å². The molecule has 5 nitrogen and oxygen atoms in total. The van der Waals surface area contributed by atoms with E-state index in [4.69, 9.17) is 16.3 Å². The minimum absolute atomic E-state index is 0.00905. The van der Waals surface area contributed by atoms with Crippen LogP contribution in [-0.4, -0.2) is 17.6 Å². The minimum atomic E-state index is -0.00905. The molecule has 2 N–H and O–H groups in total. The molecule has 0 radical (unpaired) electrons. The Morgan fingerprint density at radius 3 is 2.68 bits per heavy atom. The number of para-hydroxylation sites is 2. The molecule has 4 aromatic rings. The normalized spacial score (nSPS) is 10.9. The smallest absolute Gasteiger partial charge is 0.224 e. The van der Waals surface area contributed by atoms with Crippen LogP contribution < -0.4 is 10.6 Å². The van der Waals surface area contributed by atoms with E-state index < -0.39 is 0 Å². The van der Waals surface area contributed by atoms with Gasteiger partial charge in [-0.05, 0) is 54.6 Å². The zero-order valence-electron chi connectivity index (χ0n) is 17.5. The van der Waals surface area contributed by atoms with Crippen molar-refractivity contribution in [2.24, 2.45) is 0 Å². The summed E-state index contributed by atoms with van der Waals surface area (Å²) in [6.45, 7) is 2.32. The van der Waals surface area contributed by atoms with Gasteiger partial charge in [-0.2, -0.15) is 0 Å². The van der Waals surface area contributed by atoms with Gasteiger partial charge in [-0.25, -0.2) is 0 Å². The number of methoxy groups -OCH3 is 1. The van der Waals surface area contributed by atoms with Gasteiger partial charge in [0.2, 0.25) is 5.91 Å². The summed E-state index contributed by atoms with van der Waals surface area (Å²) in [6, 6.07) is 21.8. The van der Waals surface area contributed by atoms with Gasteiger partial charge in [0.25, 0.3) is 0 Å². The number of nitrogens with zero attached hydrogens (tertiary/aromatic N) is 1. The number of aromatic nitrogens is 1. The fourth-order valence-corrected chi connectivity index (χ4v) is 3.77. The van der Waals surface area contributed by atoms with Crippen LogP contribution in [0.15, 0.2) is 72.9 Å². The van der Waals surface area contributed by atoms with E-state index in [9.17, 15) is 4.79 Å². The number of carbonyl (C=O) groups excluding carboxylic acids is 1. The van der Waals surface area contributed by atoms with Crippen molar-refractivity contribution in [2.45, 2.75) is 20.0 Å². The van der Waals surface area contributed by atoms with Gasteiger partial charge in [-0.1, -0.05) is 30.7 Å². The molecule has 4 rings (SSSR count). The fourth-order valence-electron chi connectivity index (χ4n) is 3.57. The van der Waals surface area contributed by atoms with Crippen molar-refractivity contribution in [2.75, 3.05) is 17.7 Å². The predicted molar refractivity (Wildman–Crippen MR) is 128 cm³/mol. The Kier molecular flexibility index (Phi) is 6.26. The van der Waals surface area contributed by atoms with Crippen LogP contribution in [0.5, 0.6) is 0 Å². The van der Waals surface area contributed by atoms with E-state index in [0.717, 1.165) is 39.2 Å². The molecule has 0 aliphatic rings. The first-order valence-corrected chi connectivity index (χ1v) is 10.5. The number of carbonyl (C=O) groups is 1. The van der Waals surface area contributed by atoms with Crippen LogP contribution in [0.25, 0.3) is 16.6 Å². The van der Waals surface area contributed by atoms with Crippen molar-refractivity contribution in [1.29, 1.82) is 0 Å². The molecule has 0 saturated heterocycles. The van der Waals surface area contributed by atoms with Crippen molar-refractivity contribution in [3.63, 3.8) is 0 Å². The van der Waals surface area contributed by atoms with Crippen LogP contribution in [0.1, 0.15) is 18.9 Å². The molecular weight excluding hydrogens is 410 g/mol. The fraction of sp³-hybridized carbons (Fsp3) is 0.160. The number of fused-ring (bicyclic) bond motifs is 1. The van der Waals surface area contributed by atoms with Gasteiger partial charge in [0.1, 0.15) is 0 Å². The van der Waals surface area contributed by atoms with Gasteiger partial charge in [0.05, 0.1) is 23.5 Å². The second-order valence-corrected chi connectivity index (χ2v) is 7.67. The van der Waals surface area contributed by atoms with E-state index >= 15 is 0 Å². The molecule has 1 heterocycles. The summed E-state index contributed by atoms with van der Waals surface area (Å²) in [5.41, 5.74) is 5.69. The Bertz CT molecular complexity index is 1230. The molecule has 158 valence electrons. The highest BCUT2D eigenvalue weighted by Gasteiger charge is 2.11. The molecule has 0 fully saturated rings. The second-order valence-electron chi connectivity index (χ2n) is 7.24. The van der Waals surface area contributed by atoms with Crippen LogP contribution in [0, 0.1) is 0 Å². The van der Waals surface area contributed by atoms with E-state index in [0.29, 0.717) is 18.1 Å². The zero-order chi connectivity index (χ0) is 21.8. The molecule has 0 spiro atoms. The maximum atomic E-state index is 11.9. The topological polar surface area (TPSA) is 55.3 Å². The van der Waals surface area contributed by atoms with Gasteiger partial charge in [0.15, 0.2) is 0 Å². The van der Waals surface area contributed by atoms with Crippen molar-refractivity contribution >= 4 is 45.5 Å². The highest BCUT2D eigenvalue weighted by atomic mass is 35.5.